The molecule has 2 aromatic carbocycles. The number of aromatic nitrogens is 2. The van der Waals surface area contributed by atoms with Crippen LogP contribution < -0.4 is 5.32 Å². The maximum atomic E-state index is 9.71. The molecule has 0 radical (unpaired) electrons. The molecule has 4 N–H and O–H groups in total. The van der Waals surface area contributed by atoms with Gasteiger partial charge in [0.2, 0.25) is 0 Å². The van der Waals surface area contributed by atoms with Gasteiger partial charge in [0.05, 0.1) is 11.7 Å². The van der Waals surface area contributed by atoms with Gasteiger partial charge >= 0.3 is 0 Å². The summed E-state index contributed by atoms with van der Waals surface area (Å²) < 4.78 is 0. The Labute approximate surface area is 109 Å². The molecule has 0 aliphatic rings. The van der Waals surface area contributed by atoms with Gasteiger partial charge in [-0.3, -0.25) is 5.10 Å². The molecular weight excluding hydrogens is 242 g/mol. The molecule has 0 saturated carbocycles. The lowest BCUT2D eigenvalue weighted by atomic mass is 10.1. The number of H-pyrrole nitrogens is 1. The number of para-hydroxylation sites is 1. The van der Waals surface area contributed by atoms with Crippen LogP contribution in [0.2, 0.25) is 0 Å². The zero-order valence-electron chi connectivity index (χ0n) is 10.1. The minimum atomic E-state index is -0.107. The number of nitrogens with zero attached hydrogens (tertiary/aromatic N) is 1. The van der Waals surface area contributed by atoms with Crippen molar-refractivity contribution in [2.24, 2.45) is 0 Å². The summed E-state index contributed by atoms with van der Waals surface area (Å²) in [7, 11) is 0. The molecule has 0 aliphatic heterocycles. The number of fused-ring (bicyclic) bond motifs is 1. The lowest BCUT2D eigenvalue weighted by Gasteiger charge is -2.09. The molecule has 19 heavy (non-hydrogen) atoms. The highest BCUT2D eigenvalue weighted by atomic mass is 16.3. The first-order chi connectivity index (χ1) is 9.24. The molecule has 1 heterocycles. The SMILES string of the molecule is Oc1cccc(CNc2ccc3[nH]ncc3c2)c1O. The average molecular weight is 255 g/mol. The van der Waals surface area contributed by atoms with Crippen LogP contribution >= 0.6 is 0 Å². The fourth-order valence-electron chi connectivity index (χ4n) is 1.97. The predicted octanol–water partition coefficient (Wildman–Crippen LogP) is 2.59. The second kappa shape index (κ2) is 4.53. The second-order valence-electron chi connectivity index (χ2n) is 4.31. The first-order valence-electron chi connectivity index (χ1n) is 5.91. The van der Waals surface area contributed by atoms with E-state index in [4.69, 9.17) is 0 Å². The molecule has 96 valence electrons. The summed E-state index contributed by atoms with van der Waals surface area (Å²) in [6, 6.07) is 10.8. The molecule has 3 rings (SSSR count). The van der Waals surface area contributed by atoms with Gasteiger partial charge in [0.1, 0.15) is 0 Å². The van der Waals surface area contributed by atoms with Crippen molar-refractivity contribution in [1.82, 2.24) is 10.2 Å². The molecule has 0 atom stereocenters. The summed E-state index contributed by atoms with van der Waals surface area (Å²) in [6.45, 7) is 0.434. The molecule has 5 heteroatoms. The Hall–Kier alpha value is -2.69. The molecule has 0 bridgehead atoms. The van der Waals surface area contributed by atoms with Gasteiger partial charge in [-0.1, -0.05) is 12.1 Å². The Kier molecular flexibility index (Phi) is 2.72. The number of aromatic hydroxyl groups is 2. The molecule has 0 spiro atoms. The summed E-state index contributed by atoms with van der Waals surface area (Å²) >= 11 is 0. The summed E-state index contributed by atoms with van der Waals surface area (Å²) in [5, 5.41) is 30.2. The van der Waals surface area contributed by atoms with Gasteiger partial charge in [0.15, 0.2) is 11.5 Å². The maximum absolute atomic E-state index is 9.71. The Morgan fingerprint density at radius 3 is 2.95 bits per heavy atom. The van der Waals surface area contributed by atoms with Crippen LogP contribution in [0.25, 0.3) is 10.9 Å². The minimum Gasteiger partial charge on any atom is -0.504 e. The minimum absolute atomic E-state index is 0.0839. The monoisotopic (exact) mass is 255 g/mol. The van der Waals surface area contributed by atoms with Crippen LogP contribution in [-0.4, -0.2) is 20.4 Å². The number of rotatable bonds is 3. The van der Waals surface area contributed by atoms with Crippen molar-refractivity contribution in [1.29, 1.82) is 0 Å². The van der Waals surface area contributed by atoms with Crippen LogP contribution in [0.1, 0.15) is 5.56 Å². The van der Waals surface area contributed by atoms with Gasteiger partial charge in [-0.2, -0.15) is 5.10 Å². The molecule has 0 saturated heterocycles. The molecule has 0 amide bonds. The van der Waals surface area contributed by atoms with Crippen molar-refractivity contribution in [2.75, 3.05) is 5.32 Å². The average Bonchev–Trinajstić information content (AvgIpc) is 2.88. The number of phenolic OH excluding ortho intramolecular Hbond substituents is 2. The van der Waals surface area contributed by atoms with E-state index in [2.05, 4.69) is 15.5 Å². The molecule has 0 aliphatic carbocycles. The van der Waals surface area contributed by atoms with Gasteiger partial charge in [0, 0.05) is 23.2 Å². The van der Waals surface area contributed by atoms with Gasteiger partial charge in [-0.15, -0.1) is 0 Å². The lowest BCUT2D eigenvalue weighted by molar-refractivity contribution is 0.400. The van der Waals surface area contributed by atoms with E-state index in [9.17, 15) is 10.2 Å². The summed E-state index contributed by atoms with van der Waals surface area (Å²) in [6.07, 6.45) is 1.76. The second-order valence-corrected chi connectivity index (χ2v) is 4.31. The third-order valence-electron chi connectivity index (χ3n) is 3.02. The first kappa shape index (κ1) is 11.4. The fraction of sp³-hybridized carbons (Fsp3) is 0.0714. The van der Waals surface area contributed by atoms with E-state index in [1.807, 2.05) is 18.2 Å². The molecule has 5 nitrogen and oxygen atoms in total. The number of aromatic amines is 1. The Balaban J connectivity index is 1.80. The zero-order chi connectivity index (χ0) is 13.2. The third-order valence-corrected chi connectivity index (χ3v) is 3.02. The van der Waals surface area contributed by atoms with E-state index in [1.54, 1.807) is 18.3 Å². The zero-order valence-corrected chi connectivity index (χ0v) is 10.1. The van der Waals surface area contributed by atoms with E-state index in [0.29, 0.717) is 12.1 Å². The van der Waals surface area contributed by atoms with Crippen LogP contribution in [0.3, 0.4) is 0 Å². The van der Waals surface area contributed by atoms with E-state index in [-0.39, 0.29) is 11.5 Å². The van der Waals surface area contributed by atoms with Crippen LogP contribution in [0.15, 0.2) is 42.6 Å². The van der Waals surface area contributed by atoms with Crippen molar-refractivity contribution < 1.29 is 10.2 Å². The first-order valence-corrected chi connectivity index (χ1v) is 5.91. The number of hydrogen-bond acceptors (Lipinski definition) is 4. The summed E-state index contributed by atoms with van der Waals surface area (Å²) in [4.78, 5) is 0. The van der Waals surface area contributed by atoms with E-state index in [0.717, 1.165) is 16.6 Å². The van der Waals surface area contributed by atoms with Crippen LogP contribution in [0.4, 0.5) is 5.69 Å². The highest BCUT2D eigenvalue weighted by Gasteiger charge is 2.05. The van der Waals surface area contributed by atoms with E-state index < -0.39 is 0 Å². The normalized spacial score (nSPS) is 10.7. The Morgan fingerprint density at radius 1 is 1.16 bits per heavy atom. The van der Waals surface area contributed by atoms with Crippen molar-refractivity contribution >= 4 is 16.6 Å². The summed E-state index contributed by atoms with van der Waals surface area (Å²) in [5.74, 6) is -0.191. The van der Waals surface area contributed by atoms with Crippen LogP contribution in [0, 0.1) is 0 Å². The number of nitrogens with one attached hydrogen (secondary N) is 2. The molecular formula is C14H13N3O2. The van der Waals surface area contributed by atoms with Gasteiger partial charge in [-0.05, 0) is 24.3 Å². The fourth-order valence-corrected chi connectivity index (χ4v) is 1.97. The highest BCUT2D eigenvalue weighted by Crippen LogP contribution is 2.28. The smallest absolute Gasteiger partial charge is 0.162 e. The van der Waals surface area contributed by atoms with Crippen LogP contribution in [0.5, 0.6) is 11.5 Å². The van der Waals surface area contributed by atoms with Gasteiger partial charge < -0.3 is 15.5 Å². The molecule has 0 unspecified atom stereocenters. The molecule has 0 fully saturated rings. The Morgan fingerprint density at radius 2 is 2.05 bits per heavy atom. The predicted molar refractivity (Wildman–Crippen MR) is 73.2 cm³/mol. The number of benzene rings is 2. The lowest BCUT2D eigenvalue weighted by Crippen LogP contribution is -1.99. The topological polar surface area (TPSA) is 81.2 Å². The van der Waals surface area contributed by atoms with Crippen molar-refractivity contribution in [2.45, 2.75) is 6.54 Å². The third kappa shape index (κ3) is 2.18. The Bertz CT molecular complexity index is 722. The van der Waals surface area contributed by atoms with E-state index >= 15 is 0 Å². The number of anilines is 1. The van der Waals surface area contributed by atoms with E-state index in [1.165, 1.54) is 6.07 Å². The number of hydrogen-bond donors (Lipinski definition) is 4. The van der Waals surface area contributed by atoms with Crippen molar-refractivity contribution in [3.8, 4) is 11.5 Å². The molecule has 3 aromatic rings. The van der Waals surface area contributed by atoms with Crippen molar-refractivity contribution in [3.63, 3.8) is 0 Å². The highest BCUT2D eigenvalue weighted by molar-refractivity contribution is 5.81. The standard InChI is InChI=1S/C14H13N3O2/c18-13-3-1-2-9(14(13)19)7-15-11-4-5-12-10(6-11)8-16-17-12/h1-6,8,15,18-19H,7H2,(H,16,17). The van der Waals surface area contributed by atoms with Crippen molar-refractivity contribution in [3.05, 3.63) is 48.2 Å². The van der Waals surface area contributed by atoms with Gasteiger partial charge in [-0.25, -0.2) is 0 Å². The van der Waals surface area contributed by atoms with Crippen LogP contribution in [-0.2, 0) is 6.54 Å². The summed E-state index contributed by atoms with van der Waals surface area (Å²) in [5.41, 5.74) is 2.55. The largest absolute Gasteiger partial charge is 0.504 e. The maximum Gasteiger partial charge on any atom is 0.162 e. The quantitative estimate of drug-likeness (QED) is 0.542. The van der Waals surface area contributed by atoms with Gasteiger partial charge in [0.25, 0.3) is 0 Å². The number of phenols is 2. The molecule has 1 aromatic heterocycles.